The fourth-order valence-corrected chi connectivity index (χ4v) is 3.18. The Morgan fingerprint density at radius 1 is 1.16 bits per heavy atom. The summed E-state index contributed by atoms with van der Waals surface area (Å²) in [7, 11) is 0. The van der Waals surface area contributed by atoms with Crippen LogP contribution in [0.4, 0.5) is 5.82 Å². The summed E-state index contributed by atoms with van der Waals surface area (Å²) in [4.78, 5) is 29.4. The molecule has 0 spiro atoms. The highest BCUT2D eigenvalue weighted by molar-refractivity contribution is 6.07. The number of benzene rings is 1. The van der Waals surface area contributed by atoms with Crippen LogP contribution in [-0.4, -0.2) is 35.4 Å². The Bertz CT molecular complexity index is 816. The molecular formula is C19H22N4O2. The molecular weight excluding hydrogens is 316 g/mol. The van der Waals surface area contributed by atoms with Gasteiger partial charge in [-0.15, -0.1) is 0 Å². The lowest BCUT2D eigenvalue weighted by atomic mass is 10.1. The molecule has 0 radical (unpaired) electrons. The van der Waals surface area contributed by atoms with Gasteiger partial charge < -0.3 is 16.0 Å². The molecule has 4 rings (SSSR count). The Hall–Kier alpha value is -2.63. The third-order valence-electron chi connectivity index (χ3n) is 4.73. The van der Waals surface area contributed by atoms with Crippen LogP contribution in [0, 0.1) is 0 Å². The first kappa shape index (κ1) is 15.9. The average molecular weight is 338 g/mol. The SMILES string of the molecule is O=C(NC1CC1)c1cc(N[C@@H]2CCCCNC2=O)nc2ccccc12. The lowest BCUT2D eigenvalue weighted by Gasteiger charge is -2.17. The van der Waals surface area contributed by atoms with Crippen LogP contribution in [0.3, 0.4) is 0 Å². The zero-order valence-electron chi connectivity index (χ0n) is 14.0. The Balaban J connectivity index is 1.66. The van der Waals surface area contributed by atoms with Crippen molar-refractivity contribution in [3.8, 4) is 0 Å². The molecule has 1 atom stereocenters. The van der Waals surface area contributed by atoms with E-state index in [1.807, 2.05) is 24.3 Å². The monoisotopic (exact) mass is 338 g/mol. The zero-order valence-corrected chi connectivity index (χ0v) is 14.0. The molecule has 2 heterocycles. The number of aromatic nitrogens is 1. The van der Waals surface area contributed by atoms with E-state index in [1.165, 1.54) is 0 Å². The smallest absolute Gasteiger partial charge is 0.252 e. The summed E-state index contributed by atoms with van der Waals surface area (Å²) >= 11 is 0. The van der Waals surface area contributed by atoms with Crippen molar-refractivity contribution in [2.75, 3.05) is 11.9 Å². The molecule has 2 aliphatic rings. The summed E-state index contributed by atoms with van der Waals surface area (Å²) in [6, 6.07) is 9.36. The van der Waals surface area contributed by atoms with Crippen LogP contribution >= 0.6 is 0 Å². The minimum Gasteiger partial charge on any atom is -0.358 e. The second kappa shape index (κ2) is 6.70. The Morgan fingerprint density at radius 2 is 2.00 bits per heavy atom. The summed E-state index contributed by atoms with van der Waals surface area (Å²) in [5.41, 5.74) is 1.36. The number of anilines is 1. The summed E-state index contributed by atoms with van der Waals surface area (Å²) in [5, 5.41) is 10.0. The van der Waals surface area contributed by atoms with Crippen molar-refractivity contribution in [3.05, 3.63) is 35.9 Å². The van der Waals surface area contributed by atoms with Crippen molar-refractivity contribution in [2.45, 2.75) is 44.2 Å². The maximum Gasteiger partial charge on any atom is 0.252 e. The molecule has 1 aliphatic heterocycles. The maximum absolute atomic E-state index is 12.6. The van der Waals surface area contributed by atoms with Crippen LogP contribution in [0.15, 0.2) is 30.3 Å². The summed E-state index contributed by atoms with van der Waals surface area (Å²) in [6.07, 6.45) is 4.83. The van der Waals surface area contributed by atoms with Gasteiger partial charge in [-0.3, -0.25) is 9.59 Å². The molecule has 6 nitrogen and oxygen atoms in total. The summed E-state index contributed by atoms with van der Waals surface area (Å²) < 4.78 is 0. The molecule has 2 amide bonds. The van der Waals surface area contributed by atoms with E-state index in [1.54, 1.807) is 6.07 Å². The first-order valence-corrected chi connectivity index (χ1v) is 8.95. The van der Waals surface area contributed by atoms with E-state index in [0.29, 0.717) is 17.4 Å². The average Bonchev–Trinajstić information content (AvgIpc) is 3.44. The number of rotatable bonds is 4. The number of hydrogen-bond acceptors (Lipinski definition) is 4. The molecule has 1 saturated carbocycles. The molecule has 6 heteroatoms. The fraction of sp³-hybridized carbons (Fsp3) is 0.421. The van der Waals surface area contributed by atoms with Gasteiger partial charge in [0.2, 0.25) is 5.91 Å². The predicted molar refractivity (Wildman–Crippen MR) is 96.5 cm³/mol. The number of carbonyl (C=O) groups excluding carboxylic acids is 2. The quantitative estimate of drug-likeness (QED) is 0.798. The lowest BCUT2D eigenvalue weighted by Crippen LogP contribution is -2.38. The minimum atomic E-state index is -0.310. The van der Waals surface area contributed by atoms with Gasteiger partial charge >= 0.3 is 0 Å². The van der Waals surface area contributed by atoms with E-state index >= 15 is 0 Å². The second-order valence-corrected chi connectivity index (χ2v) is 6.80. The molecule has 130 valence electrons. The van der Waals surface area contributed by atoms with Gasteiger partial charge in [0.1, 0.15) is 11.9 Å². The van der Waals surface area contributed by atoms with Crippen LogP contribution in [-0.2, 0) is 4.79 Å². The molecule has 1 aromatic heterocycles. The van der Waals surface area contributed by atoms with Crippen molar-refractivity contribution in [3.63, 3.8) is 0 Å². The Labute approximate surface area is 146 Å². The number of hydrogen-bond donors (Lipinski definition) is 3. The van der Waals surface area contributed by atoms with Crippen LogP contribution in [0.5, 0.6) is 0 Å². The number of nitrogens with one attached hydrogen (secondary N) is 3. The Kier molecular flexibility index (Phi) is 4.26. The molecule has 3 N–H and O–H groups in total. The number of para-hydroxylation sites is 1. The number of nitrogens with zero attached hydrogens (tertiary/aromatic N) is 1. The molecule has 1 saturated heterocycles. The van der Waals surface area contributed by atoms with Crippen LogP contribution in [0.2, 0.25) is 0 Å². The molecule has 0 unspecified atom stereocenters. The van der Waals surface area contributed by atoms with E-state index < -0.39 is 0 Å². The topological polar surface area (TPSA) is 83.1 Å². The van der Waals surface area contributed by atoms with E-state index in [2.05, 4.69) is 20.9 Å². The maximum atomic E-state index is 12.6. The van der Waals surface area contributed by atoms with Crippen molar-refractivity contribution in [1.82, 2.24) is 15.6 Å². The van der Waals surface area contributed by atoms with Crippen LogP contribution in [0.25, 0.3) is 10.9 Å². The highest BCUT2D eigenvalue weighted by Crippen LogP contribution is 2.24. The number of pyridine rings is 1. The molecule has 1 aliphatic carbocycles. The van der Waals surface area contributed by atoms with Gasteiger partial charge in [-0.05, 0) is 44.2 Å². The standard InChI is InChI=1S/C19H22N4O2/c24-18(21-12-8-9-12)14-11-17(22-15-6-2-1-5-13(14)15)23-16-7-3-4-10-20-19(16)25/h1-2,5-6,11-12,16H,3-4,7-10H2,(H,20,25)(H,21,24)(H,22,23)/t16-/m1/s1. The predicted octanol–water partition coefficient (Wildman–Crippen LogP) is 2.21. The van der Waals surface area contributed by atoms with Gasteiger partial charge in [0.25, 0.3) is 5.91 Å². The highest BCUT2D eigenvalue weighted by Gasteiger charge is 2.26. The normalized spacial score (nSPS) is 20.6. The summed E-state index contributed by atoms with van der Waals surface area (Å²) in [6.45, 7) is 0.719. The molecule has 2 fully saturated rings. The van der Waals surface area contributed by atoms with Gasteiger partial charge in [-0.25, -0.2) is 4.98 Å². The van der Waals surface area contributed by atoms with Gasteiger partial charge in [0.15, 0.2) is 0 Å². The zero-order chi connectivity index (χ0) is 17.2. The van der Waals surface area contributed by atoms with Gasteiger partial charge in [0.05, 0.1) is 11.1 Å². The van der Waals surface area contributed by atoms with E-state index in [4.69, 9.17) is 0 Å². The highest BCUT2D eigenvalue weighted by atomic mass is 16.2. The second-order valence-electron chi connectivity index (χ2n) is 6.80. The largest absolute Gasteiger partial charge is 0.358 e. The lowest BCUT2D eigenvalue weighted by molar-refractivity contribution is -0.121. The van der Waals surface area contributed by atoms with Gasteiger partial charge in [0, 0.05) is 18.0 Å². The minimum absolute atomic E-state index is 0.00330. The first-order chi connectivity index (χ1) is 12.2. The van der Waals surface area contributed by atoms with Crippen molar-refractivity contribution < 1.29 is 9.59 Å². The molecule has 1 aromatic carbocycles. The van der Waals surface area contributed by atoms with Crippen LogP contribution < -0.4 is 16.0 Å². The third-order valence-corrected chi connectivity index (χ3v) is 4.73. The van der Waals surface area contributed by atoms with E-state index in [0.717, 1.165) is 49.6 Å². The van der Waals surface area contributed by atoms with Crippen LogP contribution in [0.1, 0.15) is 42.5 Å². The van der Waals surface area contributed by atoms with E-state index in [-0.39, 0.29) is 17.9 Å². The molecule has 2 aromatic rings. The number of fused-ring (bicyclic) bond motifs is 1. The van der Waals surface area contributed by atoms with Crippen molar-refractivity contribution >= 4 is 28.5 Å². The number of carbonyl (C=O) groups is 2. The third kappa shape index (κ3) is 3.57. The van der Waals surface area contributed by atoms with Crippen molar-refractivity contribution in [1.29, 1.82) is 0 Å². The van der Waals surface area contributed by atoms with Crippen molar-refractivity contribution in [2.24, 2.45) is 0 Å². The molecule has 25 heavy (non-hydrogen) atoms. The van der Waals surface area contributed by atoms with Gasteiger partial charge in [-0.2, -0.15) is 0 Å². The first-order valence-electron chi connectivity index (χ1n) is 8.95. The Morgan fingerprint density at radius 3 is 2.84 bits per heavy atom. The summed E-state index contributed by atoms with van der Waals surface area (Å²) in [5.74, 6) is 0.493. The van der Waals surface area contributed by atoms with Gasteiger partial charge in [-0.1, -0.05) is 18.2 Å². The number of amides is 2. The van der Waals surface area contributed by atoms with E-state index in [9.17, 15) is 9.59 Å². The fourth-order valence-electron chi connectivity index (χ4n) is 3.18. The molecule has 0 bridgehead atoms.